The number of hydrogen-bond acceptors (Lipinski definition) is 5. The highest BCUT2D eigenvalue weighted by atomic mass is 35.5. The Hall–Kier alpha value is -2.75. The van der Waals surface area contributed by atoms with Crippen LogP contribution >= 0.6 is 23.2 Å². The van der Waals surface area contributed by atoms with Gasteiger partial charge in [-0.15, -0.1) is 0 Å². The van der Waals surface area contributed by atoms with Crippen molar-refractivity contribution in [2.75, 3.05) is 17.2 Å². The molecular formula is C35H49Cl2N5O4. The Labute approximate surface area is 282 Å². The number of esters is 1. The molecule has 0 spiro atoms. The summed E-state index contributed by atoms with van der Waals surface area (Å²) in [5.41, 5.74) is 8.24. The number of carbonyl (C=O) groups excluding carboxylic acids is 3. The monoisotopic (exact) mass is 673 g/mol. The number of anilines is 2. The van der Waals surface area contributed by atoms with Crippen molar-refractivity contribution in [1.29, 1.82) is 0 Å². The highest BCUT2D eigenvalue weighted by molar-refractivity contribution is 6.44. The predicted molar refractivity (Wildman–Crippen MR) is 184 cm³/mol. The van der Waals surface area contributed by atoms with Crippen LogP contribution in [0.3, 0.4) is 0 Å². The van der Waals surface area contributed by atoms with E-state index in [0.717, 1.165) is 57.1 Å². The summed E-state index contributed by atoms with van der Waals surface area (Å²) in [6.45, 7) is 10.9. The maximum atomic E-state index is 13.1. The van der Waals surface area contributed by atoms with Gasteiger partial charge in [-0.1, -0.05) is 76.7 Å². The summed E-state index contributed by atoms with van der Waals surface area (Å²) in [5, 5.41) is 9.38. The second kappa shape index (κ2) is 12.7. The predicted octanol–water partition coefficient (Wildman–Crippen LogP) is 8.32. The zero-order valence-electron chi connectivity index (χ0n) is 27.8. The Morgan fingerprint density at radius 3 is 2.22 bits per heavy atom. The van der Waals surface area contributed by atoms with E-state index in [2.05, 4.69) is 34.8 Å². The Morgan fingerprint density at radius 1 is 0.913 bits per heavy atom. The average Bonchev–Trinajstić information content (AvgIpc) is 3.32. The number of aromatic amines is 1. The topological polar surface area (TPSA) is 138 Å². The lowest BCUT2D eigenvalue weighted by Gasteiger charge is -2.68. The van der Waals surface area contributed by atoms with Crippen LogP contribution in [0, 0.1) is 10.8 Å². The number of rotatable bonds is 11. The summed E-state index contributed by atoms with van der Waals surface area (Å²) in [4.78, 5) is 42.0. The molecule has 4 aliphatic carbocycles. The second-order valence-electron chi connectivity index (χ2n) is 16.1. The van der Waals surface area contributed by atoms with Crippen LogP contribution in [-0.4, -0.2) is 40.6 Å². The number of ether oxygens (including phenoxy) is 1. The number of unbranched alkanes of at least 4 members (excludes halogenated alkanes) is 3. The number of hydrogen-bond donors (Lipinski definition) is 5. The smallest absolute Gasteiger partial charge is 0.356 e. The largest absolute Gasteiger partial charge is 0.461 e. The van der Waals surface area contributed by atoms with Crippen molar-refractivity contribution < 1.29 is 19.1 Å². The number of carbonyl (C=O) groups is 3. The zero-order chi connectivity index (χ0) is 33.5. The standard InChI is InChI=1S/C35H49Cl2N5O4/c1-31(2,3)25-15-24(40-30(45)39-23-12-10-11-22(36)27(23)37)28(41-25)29(44)46-14-9-7-6-8-13-26(43)42-35-19-32(4)16-33(5,20-35)18-34(38,17-32)21-35/h10-12,15,41H,6-9,13-14,16-21,38H2,1-5H3,(H,42,43)(H2,39,40,45)/t32-,33+,34?,35?. The van der Waals surface area contributed by atoms with Gasteiger partial charge in [0.15, 0.2) is 0 Å². The molecule has 4 atom stereocenters. The number of aromatic nitrogens is 1. The van der Waals surface area contributed by atoms with Gasteiger partial charge in [-0.05, 0) is 80.4 Å². The van der Waals surface area contributed by atoms with Crippen LogP contribution < -0.4 is 21.7 Å². The molecule has 4 bridgehead atoms. The summed E-state index contributed by atoms with van der Waals surface area (Å²) in [6, 6.07) is 6.09. The number of nitrogens with one attached hydrogen (secondary N) is 4. The number of H-pyrrole nitrogens is 1. The fourth-order valence-electron chi connectivity index (χ4n) is 9.25. The van der Waals surface area contributed by atoms with E-state index in [4.69, 9.17) is 33.7 Å². The molecule has 9 nitrogen and oxygen atoms in total. The summed E-state index contributed by atoms with van der Waals surface area (Å²) in [5.74, 6) is -0.436. The Bertz CT molecular complexity index is 1440. The number of benzene rings is 1. The fraction of sp³-hybridized carbons (Fsp3) is 0.629. The van der Waals surface area contributed by atoms with Crippen molar-refractivity contribution in [3.05, 3.63) is 45.7 Å². The van der Waals surface area contributed by atoms with Crippen molar-refractivity contribution in [1.82, 2.24) is 10.3 Å². The minimum Gasteiger partial charge on any atom is -0.461 e. The van der Waals surface area contributed by atoms with Gasteiger partial charge in [0.1, 0.15) is 5.69 Å². The van der Waals surface area contributed by atoms with E-state index in [9.17, 15) is 14.4 Å². The molecule has 3 amide bonds. The molecule has 1 aromatic heterocycles. The van der Waals surface area contributed by atoms with E-state index in [1.54, 1.807) is 24.3 Å². The van der Waals surface area contributed by atoms with Gasteiger partial charge in [0.2, 0.25) is 5.91 Å². The summed E-state index contributed by atoms with van der Waals surface area (Å²) in [6.07, 6.45) is 9.91. The first-order valence-electron chi connectivity index (χ1n) is 16.4. The minimum atomic E-state index is -0.573. The molecule has 4 fully saturated rings. The first kappa shape index (κ1) is 34.6. The summed E-state index contributed by atoms with van der Waals surface area (Å²) in [7, 11) is 0. The van der Waals surface area contributed by atoms with Gasteiger partial charge >= 0.3 is 12.0 Å². The van der Waals surface area contributed by atoms with Crippen LogP contribution in [0.4, 0.5) is 16.2 Å². The zero-order valence-corrected chi connectivity index (χ0v) is 29.3. The molecule has 2 unspecified atom stereocenters. The molecule has 4 saturated carbocycles. The van der Waals surface area contributed by atoms with Crippen molar-refractivity contribution in [2.45, 2.75) is 122 Å². The average molecular weight is 675 g/mol. The van der Waals surface area contributed by atoms with Gasteiger partial charge in [-0.25, -0.2) is 9.59 Å². The van der Waals surface area contributed by atoms with E-state index in [0.29, 0.717) is 29.2 Å². The van der Waals surface area contributed by atoms with Gasteiger partial charge in [-0.3, -0.25) is 4.79 Å². The highest BCUT2D eigenvalue weighted by Crippen LogP contribution is 2.66. The Kier molecular flexibility index (Phi) is 9.54. The number of halogens is 2. The van der Waals surface area contributed by atoms with Crippen molar-refractivity contribution in [3.8, 4) is 0 Å². The summed E-state index contributed by atoms with van der Waals surface area (Å²) >= 11 is 12.3. The molecule has 4 aliphatic rings. The van der Waals surface area contributed by atoms with Crippen LogP contribution in [0.25, 0.3) is 0 Å². The van der Waals surface area contributed by atoms with E-state index >= 15 is 0 Å². The summed E-state index contributed by atoms with van der Waals surface area (Å²) < 4.78 is 5.57. The van der Waals surface area contributed by atoms with E-state index in [-0.39, 0.29) is 50.6 Å². The molecule has 252 valence electrons. The normalized spacial score (nSPS) is 28.2. The van der Waals surface area contributed by atoms with E-state index < -0.39 is 12.0 Å². The molecule has 1 aromatic carbocycles. The third kappa shape index (κ3) is 7.85. The van der Waals surface area contributed by atoms with Gasteiger partial charge < -0.3 is 31.4 Å². The molecule has 0 aliphatic heterocycles. The lowest BCUT2D eigenvalue weighted by atomic mass is 9.40. The number of nitrogens with two attached hydrogens (primary N) is 1. The first-order valence-corrected chi connectivity index (χ1v) is 17.2. The molecule has 6 rings (SSSR count). The molecule has 0 saturated heterocycles. The van der Waals surface area contributed by atoms with Crippen LogP contribution in [0.2, 0.25) is 10.0 Å². The second-order valence-corrected chi connectivity index (χ2v) is 16.9. The Balaban J connectivity index is 1.06. The third-order valence-electron chi connectivity index (χ3n) is 9.85. The van der Waals surface area contributed by atoms with Crippen molar-refractivity contribution in [3.63, 3.8) is 0 Å². The van der Waals surface area contributed by atoms with Crippen molar-refractivity contribution >= 4 is 52.5 Å². The first-order chi connectivity index (χ1) is 21.4. The van der Waals surface area contributed by atoms with Gasteiger partial charge in [-0.2, -0.15) is 0 Å². The number of urea groups is 1. The third-order valence-corrected chi connectivity index (χ3v) is 10.7. The molecular weight excluding hydrogens is 625 g/mol. The quantitative estimate of drug-likeness (QED) is 0.121. The van der Waals surface area contributed by atoms with E-state index in [1.165, 1.54) is 6.42 Å². The van der Waals surface area contributed by atoms with Crippen LogP contribution in [0.15, 0.2) is 24.3 Å². The highest BCUT2D eigenvalue weighted by Gasteiger charge is 2.64. The minimum absolute atomic E-state index is 0.118. The molecule has 11 heteroatoms. The lowest BCUT2D eigenvalue weighted by molar-refractivity contribution is -0.144. The maximum absolute atomic E-state index is 13.1. The SMILES string of the molecule is CC(C)(C)c1cc(NC(=O)Nc2cccc(Cl)c2Cl)c(C(=O)OCCCCCCC(=O)NC23CC4(N)C[C@@](C)(C2)C[C@](C)(C4)C3)[nH]1. The van der Waals surface area contributed by atoms with Crippen LogP contribution in [0.1, 0.15) is 121 Å². The van der Waals surface area contributed by atoms with Crippen molar-refractivity contribution in [2.24, 2.45) is 16.6 Å². The van der Waals surface area contributed by atoms with Crippen LogP contribution in [-0.2, 0) is 14.9 Å². The van der Waals surface area contributed by atoms with Gasteiger partial charge in [0, 0.05) is 28.6 Å². The molecule has 2 aromatic rings. The molecule has 46 heavy (non-hydrogen) atoms. The van der Waals surface area contributed by atoms with Crippen LogP contribution in [0.5, 0.6) is 0 Å². The molecule has 0 radical (unpaired) electrons. The van der Waals surface area contributed by atoms with E-state index in [1.807, 2.05) is 20.8 Å². The fourth-order valence-corrected chi connectivity index (χ4v) is 9.60. The van der Waals surface area contributed by atoms with Gasteiger partial charge in [0.05, 0.1) is 28.0 Å². The number of amides is 3. The Morgan fingerprint density at radius 2 is 1.57 bits per heavy atom. The molecule has 6 N–H and O–H groups in total. The molecule has 1 heterocycles. The maximum Gasteiger partial charge on any atom is 0.356 e. The lowest BCUT2D eigenvalue weighted by Crippen LogP contribution is -2.72. The van der Waals surface area contributed by atoms with Gasteiger partial charge in [0.25, 0.3) is 0 Å².